The van der Waals surface area contributed by atoms with Crippen molar-refractivity contribution in [3.8, 4) is 0 Å². The van der Waals surface area contributed by atoms with Gasteiger partial charge in [0.1, 0.15) is 0 Å². The van der Waals surface area contributed by atoms with Crippen molar-refractivity contribution in [3.05, 3.63) is 11.6 Å². The smallest absolute Gasteiger partial charge is 0.244 e. The summed E-state index contributed by atoms with van der Waals surface area (Å²) >= 11 is 0. The Morgan fingerprint density at radius 2 is 1.92 bits per heavy atom. The van der Waals surface area contributed by atoms with Gasteiger partial charge in [-0.2, -0.15) is 0 Å². The maximum Gasteiger partial charge on any atom is 0.244 e. The number of carbonyl (C=O) groups is 1. The first-order chi connectivity index (χ1) is 6.20. The maximum absolute atomic E-state index is 10.8. The molecule has 74 valence electrons. The minimum Gasteiger partial charge on any atom is -0.366 e. The summed E-state index contributed by atoms with van der Waals surface area (Å²) in [4.78, 5) is 10.8. The van der Waals surface area contributed by atoms with E-state index in [4.69, 9.17) is 5.73 Å². The van der Waals surface area contributed by atoms with Crippen molar-refractivity contribution in [2.45, 2.75) is 19.8 Å². The van der Waals surface area contributed by atoms with Crippen LogP contribution in [0.2, 0.25) is 0 Å². The van der Waals surface area contributed by atoms with E-state index >= 15 is 0 Å². The van der Waals surface area contributed by atoms with Gasteiger partial charge in [-0.3, -0.25) is 15.6 Å². The van der Waals surface area contributed by atoms with Crippen molar-refractivity contribution in [1.82, 2.24) is 10.9 Å². The second kappa shape index (κ2) is 4.99. The molecule has 0 spiro atoms. The first-order valence-electron chi connectivity index (χ1n) is 4.64. The number of nitrogens with two attached hydrogens (primary N) is 1. The molecule has 0 unspecified atom stereocenters. The van der Waals surface area contributed by atoms with Crippen molar-refractivity contribution in [2.75, 3.05) is 13.1 Å². The summed E-state index contributed by atoms with van der Waals surface area (Å²) in [5.74, 6) is 0.153. The fourth-order valence-electron chi connectivity index (χ4n) is 1.44. The van der Waals surface area contributed by atoms with E-state index in [2.05, 4.69) is 10.9 Å². The number of hydrazine groups is 1. The predicted molar refractivity (Wildman–Crippen MR) is 51.7 cm³/mol. The lowest BCUT2D eigenvalue weighted by molar-refractivity contribution is -0.114. The Kier molecular flexibility index (Phi) is 3.92. The lowest BCUT2D eigenvalue weighted by Gasteiger charge is -2.07. The second-order valence-corrected chi connectivity index (χ2v) is 3.40. The molecule has 1 fully saturated rings. The molecule has 4 heteroatoms. The standard InChI is InChI=1S/C9H17N3O/c1-7(9(10)13)6-8-2-4-11-12-5-3-8/h6,8,11-12H,2-5H2,1H3,(H2,10,13). The largest absolute Gasteiger partial charge is 0.366 e. The van der Waals surface area contributed by atoms with Crippen molar-refractivity contribution in [3.63, 3.8) is 0 Å². The van der Waals surface area contributed by atoms with E-state index in [0.717, 1.165) is 25.9 Å². The molecule has 0 aliphatic carbocycles. The van der Waals surface area contributed by atoms with E-state index in [-0.39, 0.29) is 5.91 Å². The summed E-state index contributed by atoms with van der Waals surface area (Å²) in [7, 11) is 0. The van der Waals surface area contributed by atoms with Crippen molar-refractivity contribution < 1.29 is 4.79 Å². The lowest BCUT2D eigenvalue weighted by Crippen LogP contribution is -2.30. The van der Waals surface area contributed by atoms with Crippen LogP contribution in [0.25, 0.3) is 0 Å². The SMILES string of the molecule is CC(=CC1CCNNCC1)C(N)=O. The third-order valence-corrected chi connectivity index (χ3v) is 2.28. The van der Waals surface area contributed by atoms with Crippen LogP contribution in [0.5, 0.6) is 0 Å². The summed E-state index contributed by atoms with van der Waals surface area (Å²) in [6.45, 7) is 3.65. The van der Waals surface area contributed by atoms with E-state index in [1.165, 1.54) is 0 Å². The molecule has 4 nitrogen and oxygen atoms in total. The van der Waals surface area contributed by atoms with E-state index in [9.17, 15) is 4.79 Å². The molecule has 4 N–H and O–H groups in total. The van der Waals surface area contributed by atoms with Crippen LogP contribution < -0.4 is 16.6 Å². The van der Waals surface area contributed by atoms with Gasteiger partial charge in [-0.15, -0.1) is 0 Å². The number of rotatable bonds is 2. The molecule has 0 atom stereocenters. The lowest BCUT2D eigenvalue weighted by atomic mass is 9.99. The Hall–Kier alpha value is -0.870. The highest BCUT2D eigenvalue weighted by Crippen LogP contribution is 2.13. The molecule has 13 heavy (non-hydrogen) atoms. The Morgan fingerprint density at radius 1 is 1.38 bits per heavy atom. The van der Waals surface area contributed by atoms with Gasteiger partial charge in [0, 0.05) is 18.7 Å². The molecule has 0 radical (unpaired) electrons. The normalized spacial score (nSPS) is 21.2. The number of hydrogen-bond acceptors (Lipinski definition) is 3. The highest BCUT2D eigenvalue weighted by Gasteiger charge is 2.10. The molecule has 1 saturated heterocycles. The van der Waals surface area contributed by atoms with Gasteiger partial charge in [-0.05, 0) is 25.7 Å². The molecular formula is C9H17N3O. The van der Waals surface area contributed by atoms with E-state index in [1.54, 1.807) is 6.92 Å². The minimum atomic E-state index is -0.315. The molecule has 0 aromatic heterocycles. The van der Waals surface area contributed by atoms with Gasteiger partial charge in [0.25, 0.3) is 0 Å². The Morgan fingerprint density at radius 3 is 2.38 bits per heavy atom. The van der Waals surface area contributed by atoms with E-state index < -0.39 is 0 Å². The fourth-order valence-corrected chi connectivity index (χ4v) is 1.44. The number of allylic oxidation sites excluding steroid dienone is 1. The van der Waals surface area contributed by atoms with Crippen LogP contribution in [0.1, 0.15) is 19.8 Å². The first kappa shape index (κ1) is 10.2. The quantitative estimate of drug-likeness (QED) is 0.525. The van der Waals surface area contributed by atoms with Crippen molar-refractivity contribution >= 4 is 5.91 Å². The van der Waals surface area contributed by atoms with Crippen LogP contribution in [-0.2, 0) is 4.79 Å². The zero-order valence-corrected chi connectivity index (χ0v) is 7.97. The second-order valence-electron chi connectivity index (χ2n) is 3.40. The van der Waals surface area contributed by atoms with Crippen LogP contribution in [0, 0.1) is 5.92 Å². The van der Waals surface area contributed by atoms with Crippen LogP contribution in [0.4, 0.5) is 0 Å². The molecule has 1 rings (SSSR count). The number of hydrogen-bond donors (Lipinski definition) is 3. The van der Waals surface area contributed by atoms with Gasteiger partial charge < -0.3 is 5.73 Å². The Labute approximate surface area is 78.5 Å². The third-order valence-electron chi connectivity index (χ3n) is 2.28. The first-order valence-corrected chi connectivity index (χ1v) is 4.64. The van der Waals surface area contributed by atoms with Crippen molar-refractivity contribution in [2.24, 2.45) is 11.7 Å². The third kappa shape index (κ3) is 3.57. The Balaban J connectivity index is 2.50. The Bertz CT molecular complexity index is 205. The van der Waals surface area contributed by atoms with Crippen LogP contribution in [-0.4, -0.2) is 19.0 Å². The average Bonchev–Trinajstić information content (AvgIpc) is 2.32. The number of amides is 1. The summed E-state index contributed by atoms with van der Waals surface area (Å²) in [5.41, 5.74) is 12.0. The van der Waals surface area contributed by atoms with E-state index in [1.807, 2.05) is 6.08 Å². The number of nitrogens with one attached hydrogen (secondary N) is 2. The zero-order valence-electron chi connectivity index (χ0n) is 7.97. The summed E-state index contributed by atoms with van der Waals surface area (Å²) in [5, 5.41) is 0. The molecule has 0 bridgehead atoms. The summed E-state index contributed by atoms with van der Waals surface area (Å²) in [6, 6.07) is 0. The van der Waals surface area contributed by atoms with Crippen LogP contribution >= 0.6 is 0 Å². The van der Waals surface area contributed by atoms with Gasteiger partial charge in [0.05, 0.1) is 0 Å². The monoisotopic (exact) mass is 183 g/mol. The summed E-state index contributed by atoms with van der Waals surface area (Å²) in [6.07, 6.45) is 4.09. The minimum absolute atomic E-state index is 0.315. The van der Waals surface area contributed by atoms with Crippen LogP contribution in [0.3, 0.4) is 0 Å². The van der Waals surface area contributed by atoms with Gasteiger partial charge in [0.2, 0.25) is 5.91 Å². The molecule has 0 aromatic carbocycles. The zero-order chi connectivity index (χ0) is 9.68. The van der Waals surface area contributed by atoms with Gasteiger partial charge >= 0.3 is 0 Å². The van der Waals surface area contributed by atoms with E-state index in [0.29, 0.717) is 11.5 Å². The maximum atomic E-state index is 10.8. The molecule has 1 aliphatic rings. The fraction of sp³-hybridized carbons (Fsp3) is 0.667. The number of primary amides is 1. The summed E-state index contributed by atoms with van der Waals surface area (Å²) < 4.78 is 0. The van der Waals surface area contributed by atoms with Gasteiger partial charge in [-0.1, -0.05) is 6.08 Å². The molecule has 1 heterocycles. The van der Waals surface area contributed by atoms with Gasteiger partial charge in [-0.25, -0.2) is 0 Å². The number of carbonyl (C=O) groups excluding carboxylic acids is 1. The topological polar surface area (TPSA) is 67.2 Å². The highest BCUT2D eigenvalue weighted by molar-refractivity contribution is 5.91. The van der Waals surface area contributed by atoms with Gasteiger partial charge in [0.15, 0.2) is 0 Å². The molecule has 1 aliphatic heterocycles. The average molecular weight is 183 g/mol. The molecule has 0 aromatic rings. The van der Waals surface area contributed by atoms with Crippen LogP contribution in [0.15, 0.2) is 11.6 Å². The predicted octanol–water partition coefficient (Wildman–Crippen LogP) is -0.0778. The molecule has 0 saturated carbocycles. The highest BCUT2D eigenvalue weighted by atomic mass is 16.1. The molecular weight excluding hydrogens is 166 g/mol. The molecule has 1 amide bonds. The van der Waals surface area contributed by atoms with Crippen molar-refractivity contribution in [1.29, 1.82) is 0 Å².